The van der Waals surface area contributed by atoms with Crippen molar-refractivity contribution in [2.75, 3.05) is 38.2 Å². The van der Waals surface area contributed by atoms with E-state index < -0.39 is 0 Å². The predicted molar refractivity (Wildman–Crippen MR) is 64.0 cm³/mol. The number of hydrogen-bond acceptors (Lipinski definition) is 3. The average Bonchev–Trinajstić information content (AvgIpc) is 2.08. The molecule has 14 heavy (non-hydrogen) atoms. The van der Waals surface area contributed by atoms with Crippen LogP contribution in [-0.4, -0.2) is 49.1 Å². The van der Waals surface area contributed by atoms with Gasteiger partial charge in [-0.2, -0.15) is 11.8 Å². The lowest BCUT2D eigenvalue weighted by molar-refractivity contribution is 0.134. The monoisotopic (exact) mass is 214 g/mol. The minimum Gasteiger partial charge on any atom is -0.312 e. The summed E-state index contributed by atoms with van der Waals surface area (Å²) in [5.74, 6) is 2.66. The van der Waals surface area contributed by atoms with Gasteiger partial charge in [0.1, 0.15) is 0 Å². The Balaban J connectivity index is 1.71. The molecule has 0 unspecified atom stereocenters. The molecule has 2 heterocycles. The van der Waals surface area contributed by atoms with Crippen LogP contribution in [0.4, 0.5) is 0 Å². The lowest BCUT2D eigenvalue weighted by atomic mass is 9.80. The third-order valence-electron chi connectivity index (χ3n) is 3.65. The third-order valence-corrected chi connectivity index (χ3v) is 4.93. The SMILES string of the molecule is CN1CCC(C)(CNC2CSC2)CC1. The van der Waals surface area contributed by atoms with Crippen molar-refractivity contribution in [2.45, 2.75) is 25.8 Å². The number of nitrogens with one attached hydrogen (secondary N) is 1. The molecule has 0 saturated carbocycles. The summed E-state index contributed by atoms with van der Waals surface area (Å²) in [5, 5.41) is 3.70. The van der Waals surface area contributed by atoms with Crippen LogP contribution >= 0.6 is 11.8 Å². The second-order valence-corrected chi connectivity index (χ2v) is 6.30. The van der Waals surface area contributed by atoms with E-state index in [-0.39, 0.29) is 0 Å². The molecule has 2 nitrogen and oxygen atoms in total. The van der Waals surface area contributed by atoms with E-state index in [9.17, 15) is 0 Å². The Hall–Kier alpha value is 0.270. The van der Waals surface area contributed by atoms with Gasteiger partial charge in [-0.05, 0) is 38.4 Å². The summed E-state index contributed by atoms with van der Waals surface area (Å²) in [7, 11) is 2.23. The van der Waals surface area contributed by atoms with Crippen molar-refractivity contribution in [1.82, 2.24) is 10.2 Å². The molecule has 1 N–H and O–H groups in total. The number of piperidine rings is 1. The first-order valence-corrected chi connectivity index (χ1v) is 6.83. The van der Waals surface area contributed by atoms with Crippen LogP contribution in [0.1, 0.15) is 19.8 Å². The molecule has 0 aromatic heterocycles. The Morgan fingerprint density at radius 1 is 1.36 bits per heavy atom. The van der Waals surface area contributed by atoms with Gasteiger partial charge >= 0.3 is 0 Å². The molecule has 2 fully saturated rings. The summed E-state index contributed by atoms with van der Waals surface area (Å²) in [4.78, 5) is 2.45. The molecule has 3 heteroatoms. The Bertz CT molecular complexity index is 184. The summed E-state index contributed by atoms with van der Waals surface area (Å²) in [5.41, 5.74) is 0.562. The number of rotatable bonds is 3. The number of thioether (sulfide) groups is 1. The van der Waals surface area contributed by atoms with Crippen LogP contribution in [0.3, 0.4) is 0 Å². The van der Waals surface area contributed by atoms with Crippen molar-refractivity contribution >= 4 is 11.8 Å². The van der Waals surface area contributed by atoms with Gasteiger partial charge in [-0.3, -0.25) is 0 Å². The fourth-order valence-corrected chi connectivity index (χ4v) is 2.79. The normalized spacial score (nSPS) is 28.7. The van der Waals surface area contributed by atoms with E-state index in [4.69, 9.17) is 0 Å². The molecule has 0 spiro atoms. The second kappa shape index (κ2) is 4.42. The van der Waals surface area contributed by atoms with Gasteiger partial charge < -0.3 is 10.2 Å². The lowest BCUT2D eigenvalue weighted by Gasteiger charge is -2.40. The summed E-state index contributed by atoms with van der Waals surface area (Å²) < 4.78 is 0. The topological polar surface area (TPSA) is 15.3 Å². The Morgan fingerprint density at radius 2 is 2.00 bits per heavy atom. The zero-order valence-electron chi connectivity index (χ0n) is 9.38. The minimum absolute atomic E-state index is 0.562. The Labute approximate surface area is 91.8 Å². The first-order valence-electron chi connectivity index (χ1n) is 5.68. The van der Waals surface area contributed by atoms with Gasteiger partial charge in [0.25, 0.3) is 0 Å². The number of likely N-dealkylation sites (tertiary alicyclic amines) is 1. The van der Waals surface area contributed by atoms with Gasteiger partial charge in [-0.1, -0.05) is 6.92 Å². The first kappa shape index (κ1) is 10.8. The highest BCUT2D eigenvalue weighted by molar-refractivity contribution is 8.00. The molecule has 0 aromatic rings. The molecule has 0 aromatic carbocycles. The molecule has 2 saturated heterocycles. The molecular weight excluding hydrogens is 192 g/mol. The highest BCUT2D eigenvalue weighted by Crippen LogP contribution is 2.30. The van der Waals surface area contributed by atoms with Crippen molar-refractivity contribution < 1.29 is 0 Å². The van der Waals surface area contributed by atoms with Crippen LogP contribution in [0, 0.1) is 5.41 Å². The fourth-order valence-electron chi connectivity index (χ4n) is 2.08. The zero-order chi connectivity index (χ0) is 10.0. The summed E-state index contributed by atoms with van der Waals surface area (Å²) >= 11 is 2.06. The van der Waals surface area contributed by atoms with E-state index in [0.717, 1.165) is 6.04 Å². The van der Waals surface area contributed by atoms with E-state index in [2.05, 4.69) is 35.9 Å². The largest absolute Gasteiger partial charge is 0.312 e. The van der Waals surface area contributed by atoms with Gasteiger partial charge in [-0.15, -0.1) is 0 Å². The fraction of sp³-hybridized carbons (Fsp3) is 1.00. The average molecular weight is 214 g/mol. The van der Waals surface area contributed by atoms with Crippen LogP contribution in [0.15, 0.2) is 0 Å². The summed E-state index contributed by atoms with van der Waals surface area (Å²) in [6.07, 6.45) is 2.72. The third kappa shape index (κ3) is 2.65. The van der Waals surface area contributed by atoms with Gasteiger partial charge in [0.2, 0.25) is 0 Å². The standard InChI is InChI=1S/C11H22N2S/c1-11(3-5-13(2)6-4-11)9-12-10-7-14-8-10/h10,12H,3-9H2,1-2H3. The van der Waals surface area contributed by atoms with Gasteiger partial charge in [0.15, 0.2) is 0 Å². The minimum atomic E-state index is 0.562. The molecule has 0 amide bonds. The molecule has 82 valence electrons. The summed E-state index contributed by atoms with van der Waals surface area (Å²) in [6.45, 7) is 6.22. The molecule has 2 rings (SSSR count). The van der Waals surface area contributed by atoms with Crippen LogP contribution in [0.2, 0.25) is 0 Å². The molecule has 2 aliphatic rings. The molecule has 0 bridgehead atoms. The van der Waals surface area contributed by atoms with E-state index in [1.807, 2.05) is 0 Å². The van der Waals surface area contributed by atoms with Crippen molar-refractivity contribution in [1.29, 1.82) is 0 Å². The molecule has 0 aliphatic carbocycles. The van der Waals surface area contributed by atoms with Crippen molar-refractivity contribution in [3.8, 4) is 0 Å². The molecule has 2 aliphatic heterocycles. The predicted octanol–water partition coefficient (Wildman–Crippen LogP) is 1.42. The van der Waals surface area contributed by atoms with Crippen molar-refractivity contribution in [3.05, 3.63) is 0 Å². The first-order chi connectivity index (χ1) is 6.68. The maximum atomic E-state index is 3.70. The van der Waals surface area contributed by atoms with E-state index in [1.165, 1.54) is 44.0 Å². The van der Waals surface area contributed by atoms with Crippen LogP contribution in [0.25, 0.3) is 0 Å². The Morgan fingerprint density at radius 3 is 2.50 bits per heavy atom. The second-order valence-electron chi connectivity index (χ2n) is 5.23. The zero-order valence-corrected chi connectivity index (χ0v) is 10.2. The van der Waals surface area contributed by atoms with E-state index in [0.29, 0.717) is 5.41 Å². The number of nitrogens with zero attached hydrogens (tertiary/aromatic N) is 1. The number of hydrogen-bond donors (Lipinski definition) is 1. The highest BCUT2D eigenvalue weighted by Gasteiger charge is 2.30. The summed E-state index contributed by atoms with van der Waals surface area (Å²) in [6, 6.07) is 0.816. The quantitative estimate of drug-likeness (QED) is 0.765. The molecule has 0 atom stereocenters. The smallest absolute Gasteiger partial charge is 0.0249 e. The maximum absolute atomic E-state index is 3.70. The van der Waals surface area contributed by atoms with Gasteiger partial charge in [-0.25, -0.2) is 0 Å². The maximum Gasteiger partial charge on any atom is 0.0249 e. The van der Waals surface area contributed by atoms with Crippen LogP contribution in [-0.2, 0) is 0 Å². The Kier molecular flexibility index (Phi) is 3.40. The van der Waals surface area contributed by atoms with Gasteiger partial charge in [0, 0.05) is 24.1 Å². The van der Waals surface area contributed by atoms with Crippen LogP contribution in [0.5, 0.6) is 0 Å². The van der Waals surface area contributed by atoms with Crippen molar-refractivity contribution in [2.24, 2.45) is 5.41 Å². The highest BCUT2D eigenvalue weighted by atomic mass is 32.2. The molecule has 0 radical (unpaired) electrons. The van der Waals surface area contributed by atoms with Gasteiger partial charge in [0.05, 0.1) is 0 Å². The molecular formula is C11H22N2S. The van der Waals surface area contributed by atoms with Crippen LogP contribution < -0.4 is 5.32 Å². The van der Waals surface area contributed by atoms with Crippen molar-refractivity contribution in [3.63, 3.8) is 0 Å². The lowest BCUT2D eigenvalue weighted by Crippen LogP contribution is -2.48. The van der Waals surface area contributed by atoms with E-state index in [1.54, 1.807) is 0 Å². The van der Waals surface area contributed by atoms with E-state index >= 15 is 0 Å².